The molecule has 6 heteroatoms. The number of carbonyl (C=O) groups is 1. The number of carbonyl (C=O) groups excluding carboxylic acids is 1. The molecule has 1 N–H and O–H groups in total. The Morgan fingerprint density at radius 2 is 1.82 bits per heavy atom. The van der Waals surface area contributed by atoms with Gasteiger partial charge in [-0.15, -0.1) is 0 Å². The second-order valence-corrected chi connectivity index (χ2v) is 7.41. The first-order chi connectivity index (χ1) is 13.6. The summed E-state index contributed by atoms with van der Waals surface area (Å²) in [6.45, 7) is 6.60. The highest BCUT2D eigenvalue weighted by molar-refractivity contribution is 5.92. The zero-order chi connectivity index (χ0) is 19.9. The molecule has 0 amide bonds. The molecule has 0 unspecified atom stereocenters. The van der Waals surface area contributed by atoms with Crippen LogP contribution in [-0.2, 0) is 9.53 Å². The van der Waals surface area contributed by atoms with Crippen molar-refractivity contribution in [3.05, 3.63) is 53.0 Å². The average Bonchev–Trinajstić information content (AvgIpc) is 3.14. The third-order valence-electron chi connectivity index (χ3n) is 5.14. The number of nitrogens with zero attached hydrogens (tertiary/aromatic N) is 3. The van der Waals surface area contributed by atoms with Gasteiger partial charge < -0.3 is 10.1 Å². The van der Waals surface area contributed by atoms with Crippen molar-refractivity contribution >= 4 is 11.9 Å². The van der Waals surface area contributed by atoms with Gasteiger partial charge in [-0.25, -0.2) is 9.48 Å². The first kappa shape index (κ1) is 20.1. The second-order valence-electron chi connectivity index (χ2n) is 7.41. The molecule has 0 saturated heterocycles. The van der Waals surface area contributed by atoms with Crippen LogP contribution in [0.15, 0.2) is 41.9 Å². The molecule has 6 nitrogen and oxygen atoms in total. The highest BCUT2D eigenvalue weighted by Crippen LogP contribution is 2.35. The van der Waals surface area contributed by atoms with Crippen molar-refractivity contribution in [1.82, 2.24) is 14.8 Å². The minimum absolute atomic E-state index is 0.287. The quantitative estimate of drug-likeness (QED) is 0.499. The van der Waals surface area contributed by atoms with E-state index in [1.807, 2.05) is 38.1 Å². The Morgan fingerprint density at radius 1 is 1.11 bits per heavy atom. The summed E-state index contributed by atoms with van der Waals surface area (Å²) in [5.74, 6) is 0.348. The number of esters is 1. The smallest absolute Gasteiger partial charge is 0.338 e. The number of unbranched alkanes of at least 4 members (excludes halogenated alkanes) is 5. The number of rotatable bonds is 9. The van der Waals surface area contributed by atoms with Gasteiger partial charge in [0.25, 0.3) is 0 Å². The highest BCUT2D eigenvalue weighted by atomic mass is 16.5. The molecule has 1 aliphatic heterocycles. The van der Waals surface area contributed by atoms with E-state index in [2.05, 4.69) is 22.3 Å². The fraction of sp³-hybridized carbons (Fsp3) is 0.500. The van der Waals surface area contributed by atoms with E-state index < -0.39 is 0 Å². The van der Waals surface area contributed by atoms with Crippen molar-refractivity contribution in [2.75, 3.05) is 11.9 Å². The summed E-state index contributed by atoms with van der Waals surface area (Å²) in [6, 6.07) is 7.82. The highest BCUT2D eigenvalue weighted by Gasteiger charge is 2.34. The van der Waals surface area contributed by atoms with Crippen LogP contribution < -0.4 is 5.32 Å². The van der Waals surface area contributed by atoms with Gasteiger partial charge in [-0.3, -0.25) is 0 Å². The Hall–Kier alpha value is -2.63. The molecular formula is C22H30N4O2. The molecule has 1 aromatic heterocycles. The van der Waals surface area contributed by atoms with Gasteiger partial charge in [-0.1, -0.05) is 68.9 Å². The monoisotopic (exact) mass is 382 g/mol. The van der Waals surface area contributed by atoms with Gasteiger partial charge in [0.1, 0.15) is 12.4 Å². The molecule has 28 heavy (non-hydrogen) atoms. The van der Waals surface area contributed by atoms with Gasteiger partial charge in [0.15, 0.2) is 0 Å². The molecule has 0 bridgehead atoms. The molecular weight excluding hydrogens is 352 g/mol. The number of aromatic nitrogens is 3. The standard InChI is InChI=1S/C22H30N4O2/c1-4-5-6-7-8-9-14-28-21(27)19-17(3)25-22-23-15-24-26(22)20(19)18-12-10-16(2)11-13-18/h10-13,15,20H,4-9,14H2,1-3H3,(H,23,24,25)/t20-/m0/s1. The molecule has 0 fully saturated rings. The molecule has 0 spiro atoms. The normalized spacial score (nSPS) is 15.9. The molecule has 150 valence electrons. The molecule has 2 heterocycles. The van der Waals surface area contributed by atoms with Crippen LogP contribution in [0.25, 0.3) is 0 Å². The van der Waals surface area contributed by atoms with E-state index in [4.69, 9.17) is 4.74 Å². The number of fused-ring (bicyclic) bond motifs is 1. The number of nitrogens with one attached hydrogen (secondary N) is 1. The Balaban J connectivity index is 1.72. The maximum Gasteiger partial charge on any atom is 0.338 e. The number of anilines is 1. The summed E-state index contributed by atoms with van der Waals surface area (Å²) in [5, 5.41) is 7.52. The lowest BCUT2D eigenvalue weighted by molar-refractivity contribution is -0.139. The van der Waals surface area contributed by atoms with Crippen molar-refractivity contribution < 1.29 is 9.53 Å². The molecule has 1 aromatic carbocycles. The molecule has 2 aromatic rings. The zero-order valence-electron chi connectivity index (χ0n) is 17.1. The van der Waals surface area contributed by atoms with Crippen LogP contribution in [0, 0.1) is 6.92 Å². The number of aryl methyl sites for hydroxylation is 1. The van der Waals surface area contributed by atoms with E-state index in [0.717, 1.165) is 24.1 Å². The van der Waals surface area contributed by atoms with Gasteiger partial charge in [-0.2, -0.15) is 10.1 Å². The predicted molar refractivity (Wildman–Crippen MR) is 110 cm³/mol. The van der Waals surface area contributed by atoms with Crippen molar-refractivity contribution in [1.29, 1.82) is 0 Å². The summed E-state index contributed by atoms with van der Waals surface area (Å²) in [4.78, 5) is 17.2. The van der Waals surface area contributed by atoms with E-state index in [1.54, 1.807) is 4.68 Å². The van der Waals surface area contributed by atoms with Crippen molar-refractivity contribution in [2.24, 2.45) is 0 Å². The summed E-state index contributed by atoms with van der Waals surface area (Å²) < 4.78 is 7.38. The summed E-state index contributed by atoms with van der Waals surface area (Å²) in [7, 11) is 0. The first-order valence-corrected chi connectivity index (χ1v) is 10.2. The summed E-state index contributed by atoms with van der Waals surface area (Å²) in [5.41, 5.74) is 3.51. The van der Waals surface area contributed by atoms with Crippen LogP contribution in [0.4, 0.5) is 5.95 Å². The fourth-order valence-corrected chi connectivity index (χ4v) is 3.54. The number of hydrogen-bond donors (Lipinski definition) is 1. The van der Waals surface area contributed by atoms with Crippen LogP contribution >= 0.6 is 0 Å². The van der Waals surface area contributed by atoms with E-state index >= 15 is 0 Å². The summed E-state index contributed by atoms with van der Waals surface area (Å²) in [6.07, 6.45) is 8.46. The number of ether oxygens (including phenoxy) is 1. The lowest BCUT2D eigenvalue weighted by Gasteiger charge is -2.28. The molecule has 0 saturated carbocycles. The van der Waals surface area contributed by atoms with E-state index in [9.17, 15) is 4.79 Å². The minimum atomic E-state index is -0.337. The van der Waals surface area contributed by atoms with Crippen molar-refractivity contribution in [3.8, 4) is 0 Å². The number of hydrogen-bond acceptors (Lipinski definition) is 5. The summed E-state index contributed by atoms with van der Waals surface area (Å²) >= 11 is 0. The van der Waals surface area contributed by atoms with E-state index in [-0.39, 0.29) is 12.0 Å². The molecule has 0 radical (unpaired) electrons. The maximum absolute atomic E-state index is 12.9. The van der Waals surface area contributed by atoms with Crippen LogP contribution in [0.5, 0.6) is 0 Å². The Bertz CT molecular complexity index is 823. The first-order valence-electron chi connectivity index (χ1n) is 10.2. The third kappa shape index (κ3) is 4.61. The Morgan fingerprint density at radius 3 is 2.57 bits per heavy atom. The lowest BCUT2D eigenvalue weighted by atomic mass is 9.95. The Kier molecular flexibility index (Phi) is 6.85. The van der Waals surface area contributed by atoms with E-state index in [0.29, 0.717) is 18.1 Å². The molecule has 0 aliphatic carbocycles. The second kappa shape index (κ2) is 9.53. The largest absolute Gasteiger partial charge is 0.462 e. The van der Waals surface area contributed by atoms with Crippen LogP contribution in [-0.4, -0.2) is 27.3 Å². The maximum atomic E-state index is 12.9. The minimum Gasteiger partial charge on any atom is -0.462 e. The predicted octanol–water partition coefficient (Wildman–Crippen LogP) is 4.78. The third-order valence-corrected chi connectivity index (χ3v) is 5.14. The molecule has 1 aliphatic rings. The van der Waals surface area contributed by atoms with Gasteiger partial charge in [0.2, 0.25) is 5.95 Å². The SMILES string of the molecule is CCCCCCCCOC(=O)C1=C(C)Nc2ncnn2[C@H]1c1ccc(C)cc1. The lowest BCUT2D eigenvalue weighted by Crippen LogP contribution is -2.29. The number of allylic oxidation sites excluding steroid dienone is 1. The van der Waals surface area contributed by atoms with Gasteiger partial charge in [-0.05, 0) is 25.8 Å². The Labute approximate surface area is 167 Å². The van der Waals surface area contributed by atoms with Crippen LogP contribution in [0.3, 0.4) is 0 Å². The number of benzene rings is 1. The van der Waals surface area contributed by atoms with Crippen LogP contribution in [0.2, 0.25) is 0 Å². The van der Waals surface area contributed by atoms with Gasteiger partial charge >= 0.3 is 5.97 Å². The topological polar surface area (TPSA) is 69.0 Å². The average molecular weight is 383 g/mol. The zero-order valence-corrected chi connectivity index (χ0v) is 17.1. The van der Waals surface area contributed by atoms with Crippen molar-refractivity contribution in [3.63, 3.8) is 0 Å². The van der Waals surface area contributed by atoms with Gasteiger partial charge in [0.05, 0.1) is 12.2 Å². The fourth-order valence-electron chi connectivity index (χ4n) is 3.54. The van der Waals surface area contributed by atoms with E-state index in [1.165, 1.54) is 37.6 Å². The molecule has 3 rings (SSSR count). The van der Waals surface area contributed by atoms with Crippen molar-refractivity contribution in [2.45, 2.75) is 65.3 Å². The van der Waals surface area contributed by atoms with Gasteiger partial charge in [0, 0.05) is 5.70 Å². The van der Waals surface area contributed by atoms with Crippen LogP contribution in [0.1, 0.15) is 69.5 Å². The molecule has 1 atom stereocenters.